The molecule has 0 radical (unpaired) electrons. The summed E-state index contributed by atoms with van der Waals surface area (Å²) < 4.78 is 7.12. The zero-order chi connectivity index (χ0) is 19.1. The standard InChI is InChI=1S/C19H28N6O2/c1-15(2)17(24-8-10-27-11-9-24)14-22-19(26)21-13-16-4-6-20-18(12-16)25-7-3-5-23-25/h3-7,12,15,17H,8-11,13-14H2,1-2H3,(H2,21,22,26). The summed E-state index contributed by atoms with van der Waals surface area (Å²) in [7, 11) is 0. The summed E-state index contributed by atoms with van der Waals surface area (Å²) in [6.07, 6.45) is 5.27. The van der Waals surface area contributed by atoms with E-state index in [4.69, 9.17) is 4.74 Å². The highest BCUT2D eigenvalue weighted by Gasteiger charge is 2.24. The minimum absolute atomic E-state index is 0.161. The Labute approximate surface area is 159 Å². The van der Waals surface area contributed by atoms with Crippen LogP contribution in [0.3, 0.4) is 0 Å². The van der Waals surface area contributed by atoms with Crippen molar-refractivity contribution in [2.45, 2.75) is 26.4 Å². The quantitative estimate of drug-likeness (QED) is 0.768. The maximum atomic E-state index is 12.2. The van der Waals surface area contributed by atoms with Crippen LogP contribution in [-0.4, -0.2) is 64.6 Å². The smallest absolute Gasteiger partial charge is 0.315 e. The van der Waals surface area contributed by atoms with Crippen molar-refractivity contribution < 1.29 is 9.53 Å². The maximum Gasteiger partial charge on any atom is 0.315 e. The highest BCUT2D eigenvalue weighted by atomic mass is 16.5. The maximum absolute atomic E-state index is 12.2. The zero-order valence-corrected chi connectivity index (χ0v) is 16.0. The molecule has 8 nitrogen and oxygen atoms in total. The third kappa shape index (κ3) is 5.51. The average Bonchev–Trinajstić information content (AvgIpc) is 3.22. The van der Waals surface area contributed by atoms with Crippen LogP contribution in [0.4, 0.5) is 4.79 Å². The molecule has 3 heterocycles. The summed E-state index contributed by atoms with van der Waals surface area (Å²) >= 11 is 0. The first-order valence-electron chi connectivity index (χ1n) is 9.42. The van der Waals surface area contributed by atoms with Crippen molar-refractivity contribution in [1.82, 2.24) is 30.3 Å². The SMILES string of the molecule is CC(C)C(CNC(=O)NCc1ccnc(-n2cccn2)c1)N1CCOCC1. The van der Waals surface area contributed by atoms with E-state index in [9.17, 15) is 4.79 Å². The number of pyridine rings is 1. The summed E-state index contributed by atoms with van der Waals surface area (Å²) in [5.74, 6) is 1.19. The van der Waals surface area contributed by atoms with E-state index in [1.54, 1.807) is 17.1 Å². The van der Waals surface area contributed by atoms with E-state index in [0.29, 0.717) is 25.0 Å². The van der Waals surface area contributed by atoms with E-state index >= 15 is 0 Å². The number of ether oxygens (including phenoxy) is 1. The molecule has 3 rings (SSSR count). The third-order valence-corrected chi connectivity index (χ3v) is 4.76. The lowest BCUT2D eigenvalue weighted by molar-refractivity contribution is 0.00719. The Bertz CT molecular complexity index is 713. The Hall–Kier alpha value is -2.45. The van der Waals surface area contributed by atoms with E-state index < -0.39 is 0 Å². The first-order valence-corrected chi connectivity index (χ1v) is 9.42. The van der Waals surface area contributed by atoms with Crippen LogP contribution < -0.4 is 10.6 Å². The van der Waals surface area contributed by atoms with Gasteiger partial charge in [-0.1, -0.05) is 13.8 Å². The van der Waals surface area contributed by atoms with E-state index in [0.717, 1.165) is 37.7 Å². The molecule has 2 N–H and O–H groups in total. The predicted octanol–water partition coefficient (Wildman–Crippen LogP) is 1.42. The lowest BCUT2D eigenvalue weighted by Gasteiger charge is -2.36. The molecule has 0 spiro atoms. The highest BCUT2D eigenvalue weighted by Crippen LogP contribution is 2.12. The lowest BCUT2D eigenvalue weighted by Crippen LogP contribution is -2.52. The van der Waals surface area contributed by atoms with Crippen molar-refractivity contribution in [3.8, 4) is 5.82 Å². The van der Waals surface area contributed by atoms with Gasteiger partial charge < -0.3 is 15.4 Å². The molecule has 0 bridgehead atoms. The Kier molecular flexibility index (Phi) is 6.78. The number of rotatable bonds is 7. The molecular weight excluding hydrogens is 344 g/mol. The molecule has 1 unspecified atom stereocenters. The highest BCUT2D eigenvalue weighted by molar-refractivity contribution is 5.73. The van der Waals surface area contributed by atoms with Crippen molar-refractivity contribution in [1.29, 1.82) is 0 Å². The molecular formula is C19H28N6O2. The van der Waals surface area contributed by atoms with Gasteiger partial charge in [-0.05, 0) is 29.7 Å². The van der Waals surface area contributed by atoms with Gasteiger partial charge >= 0.3 is 6.03 Å². The molecule has 2 amide bonds. The summed E-state index contributed by atoms with van der Waals surface area (Å²) in [6.45, 7) is 8.79. The van der Waals surface area contributed by atoms with E-state index in [-0.39, 0.29) is 6.03 Å². The number of aromatic nitrogens is 3. The minimum atomic E-state index is -0.161. The summed E-state index contributed by atoms with van der Waals surface area (Å²) in [4.78, 5) is 18.9. The zero-order valence-electron chi connectivity index (χ0n) is 16.0. The number of carbonyl (C=O) groups excluding carboxylic acids is 1. The van der Waals surface area contributed by atoms with E-state index in [2.05, 4.69) is 39.5 Å². The molecule has 0 aromatic carbocycles. The largest absolute Gasteiger partial charge is 0.379 e. The first-order chi connectivity index (χ1) is 13.1. The van der Waals surface area contributed by atoms with Gasteiger partial charge in [0.05, 0.1) is 13.2 Å². The normalized spacial score (nSPS) is 16.3. The van der Waals surface area contributed by atoms with Gasteiger partial charge in [0.2, 0.25) is 0 Å². The number of urea groups is 1. The van der Waals surface area contributed by atoms with Crippen LogP contribution in [0, 0.1) is 5.92 Å². The fraction of sp³-hybridized carbons (Fsp3) is 0.526. The molecule has 8 heteroatoms. The second kappa shape index (κ2) is 9.48. The molecule has 27 heavy (non-hydrogen) atoms. The second-order valence-corrected chi connectivity index (χ2v) is 7.00. The Morgan fingerprint density at radius 3 is 2.78 bits per heavy atom. The fourth-order valence-corrected chi connectivity index (χ4v) is 3.24. The number of hydrogen-bond acceptors (Lipinski definition) is 5. The van der Waals surface area contributed by atoms with E-state index in [1.807, 2.05) is 24.4 Å². The van der Waals surface area contributed by atoms with Crippen molar-refractivity contribution in [2.24, 2.45) is 5.92 Å². The van der Waals surface area contributed by atoms with Crippen LogP contribution in [-0.2, 0) is 11.3 Å². The van der Waals surface area contributed by atoms with Gasteiger partial charge in [-0.15, -0.1) is 0 Å². The number of hydrogen-bond donors (Lipinski definition) is 2. The Morgan fingerprint density at radius 2 is 2.07 bits per heavy atom. The monoisotopic (exact) mass is 372 g/mol. The van der Waals surface area contributed by atoms with Crippen molar-refractivity contribution in [3.63, 3.8) is 0 Å². The second-order valence-electron chi connectivity index (χ2n) is 7.00. The van der Waals surface area contributed by atoms with Crippen LogP contribution in [0.1, 0.15) is 19.4 Å². The van der Waals surface area contributed by atoms with Crippen molar-refractivity contribution in [3.05, 3.63) is 42.4 Å². The first kappa shape index (κ1) is 19.3. The number of nitrogens with zero attached hydrogens (tertiary/aromatic N) is 4. The van der Waals surface area contributed by atoms with Gasteiger partial charge in [-0.25, -0.2) is 14.5 Å². The van der Waals surface area contributed by atoms with Crippen molar-refractivity contribution >= 4 is 6.03 Å². The van der Waals surface area contributed by atoms with Crippen LogP contribution in [0.2, 0.25) is 0 Å². The van der Waals surface area contributed by atoms with Crippen LogP contribution in [0.15, 0.2) is 36.8 Å². The van der Waals surface area contributed by atoms with Gasteiger partial charge in [0.15, 0.2) is 5.82 Å². The summed E-state index contributed by atoms with van der Waals surface area (Å²) in [5, 5.41) is 10.1. The topological polar surface area (TPSA) is 84.3 Å². The number of carbonyl (C=O) groups is 1. The Balaban J connectivity index is 1.48. The van der Waals surface area contributed by atoms with Crippen molar-refractivity contribution in [2.75, 3.05) is 32.8 Å². The number of nitrogens with one attached hydrogen (secondary N) is 2. The van der Waals surface area contributed by atoms with Crippen LogP contribution in [0.25, 0.3) is 5.82 Å². The number of amides is 2. The fourth-order valence-electron chi connectivity index (χ4n) is 3.24. The molecule has 2 aromatic rings. The Morgan fingerprint density at radius 1 is 1.26 bits per heavy atom. The summed E-state index contributed by atoms with van der Waals surface area (Å²) in [6, 6.07) is 5.80. The molecule has 0 saturated carbocycles. The molecule has 1 aliphatic rings. The van der Waals surface area contributed by atoms with Gasteiger partial charge in [-0.3, -0.25) is 4.90 Å². The summed E-state index contributed by atoms with van der Waals surface area (Å²) in [5.41, 5.74) is 0.972. The third-order valence-electron chi connectivity index (χ3n) is 4.76. The number of morpholine rings is 1. The molecule has 1 fully saturated rings. The molecule has 146 valence electrons. The molecule has 2 aromatic heterocycles. The van der Waals surface area contributed by atoms with E-state index in [1.165, 1.54) is 0 Å². The van der Waals surface area contributed by atoms with Crippen LogP contribution >= 0.6 is 0 Å². The van der Waals surface area contributed by atoms with Crippen LogP contribution in [0.5, 0.6) is 0 Å². The predicted molar refractivity (Wildman–Crippen MR) is 103 cm³/mol. The minimum Gasteiger partial charge on any atom is -0.379 e. The molecule has 1 aliphatic heterocycles. The van der Waals surface area contributed by atoms with Gasteiger partial charge in [0.25, 0.3) is 0 Å². The lowest BCUT2D eigenvalue weighted by atomic mass is 10.0. The molecule has 1 saturated heterocycles. The average molecular weight is 372 g/mol. The molecule has 1 atom stereocenters. The molecule has 0 aliphatic carbocycles. The van der Waals surface area contributed by atoms with Gasteiger partial charge in [0.1, 0.15) is 0 Å². The van der Waals surface area contributed by atoms with Gasteiger partial charge in [-0.2, -0.15) is 5.10 Å². The van der Waals surface area contributed by atoms with Gasteiger partial charge in [0, 0.05) is 50.8 Å².